The minimum absolute atomic E-state index is 0.0188. The molecule has 0 bridgehead atoms. The third-order valence-electron chi connectivity index (χ3n) is 1.90. The Bertz CT molecular complexity index is 362. The van der Waals surface area contributed by atoms with Crippen LogP contribution in [0.5, 0.6) is 0 Å². The van der Waals surface area contributed by atoms with E-state index < -0.39 is 0 Å². The second-order valence-electron chi connectivity index (χ2n) is 2.90. The second kappa shape index (κ2) is 4.28. The van der Waals surface area contributed by atoms with Gasteiger partial charge in [-0.05, 0) is 17.5 Å². The molecule has 2 heterocycles. The van der Waals surface area contributed by atoms with Gasteiger partial charge in [-0.3, -0.25) is 9.78 Å². The molecule has 72 valence electrons. The maximum atomic E-state index is 11.8. The normalized spacial score (nSPS) is 15.6. The van der Waals surface area contributed by atoms with Crippen molar-refractivity contribution in [2.75, 3.05) is 12.3 Å². The third kappa shape index (κ3) is 1.96. The topological polar surface area (TPSA) is 42.0 Å². The molecule has 0 fully saturated rings. The molecule has 0 unspecified atom stereocenters. The zero-order valence-electron chi connectivity index (χ0n) is 7.56. The largest absolute Gasteiger partial charge is 0.381 e. The van der Waals surface area contributed by atoms with Crippen LogP contribution in [0, 0.1) is 0 Å². The summed E-state index contributed by atoms with van der Waals surface area (Å²) in [5.41, 5.74) is 1.31. The third-order valence-corrected chi connectivity index (χ3v) is 2.75. The molecule has 4 heteroatoms. The zero-order chi connectivity index (χ0) is 9.80. The SMILES string of the molecule is O=C(C1=CSCCN1)c1cccnc1. The number of aromatic nitrogens is 1. The van der Waals surface area contributed by atoms with Crippen molar-refractivity contribution < 1.29 is 4.79 Å². The van der Waals surface area contributed by atoms with Crippen LogP contribution in [0.3, 0.4) is 0 Å². The summed E-state index contributed by atoms with van der Waals surface area (Å²) < 4.78 is 0. The maximum Gasteiger partial charge on any atom is 0.210 e. The van der Waals surface area contributed by atoms with Gasteiger partial charge in [-0.1, -0.05) is 0 Å². The van der Waals surface area contributed by atoms with Gasteiger partial charge in [-0.15, -0.1) is 11.8 Å². The van der Waals surface area contributed by atoms with Gasteiger partial charge in [0, 0.05) is 30.3 Å². The van der Waals surface area contributed by atoms with E-state index in [1.54, 1.807) is 36.3 Å². The molecule has 0 atom stereocenters. The van der Waals surface area contributed by atoms with Crippen molar-refractivity contribution in [3.05, 3.63) is 41.2 Å². The van der Waals surface area contributed by atoms with Gasteiger partial charge in [0.1, 0.15) is 0 Å². The van der Waals surface area contributed by atoms with Crippen molar-refractivity contribution >= 4 is 17.5 Å². The second-order valence-corrected chi connectivity index (χ2v) is 3.88. The van der Waals surface area contributed by atoms with E-state index >= 15 is 0 Å². The number of Topliss-reactive ketones (excluding diaryl/α,β-unsaturated/α-hetero) is 1. The molecule has 0 aliphatic carbocycles. The predicted molar refractivity (Wildman–Crippen MR) is 57.1 cm³/mol. The van der Waals surface area contributed by atoms with Crippen LogP contribution < -0.4 is 5.32 Å². The van der Waals surface area contributed by atoms with Crippen LogP contribution in [0.25, 0.3) is 0 Å². The first kappa shape index (κ1) is 9.27. The Kier molecular flexibility index (Phi) is 2.84. The molecule has 0 saturated carbocycles. The monoisotopic (exact) mass is 206 g/mol. The number of hydrogen-bond acceptors (Lipinski definition) is 4. The molecule has 14 heavy (non-hydrogen) atoms. The van der Waals surface area contributed by atoms with E-state index in [0.717, 1.165) is 12.3 Å². The fourth-order valence-corrected chi connectivity index (χ4v) is 1.91. The summed E-state index contributed by atoms with van der Waals surface area (Å²) in [7, 11) is 0. The fourth-order valence-electron chi connectivity index (χ4n) is 1.21. The number of rotatable bonds is 2. The van der Waals surface area contributed by atoms with Gasteiger partial charge in [-0.25, -0.2) is 0 Å². The molecular weight excluding hydrogens is 196 g/mol. The number of allylic oxidation sites excluding steroid dienone is 1. The Labute approximate surface area is 86.6 Å². The van der Waals surface area contributed by atoms with E-state index in [-0.39, 0.29) is 5.78 Å². The lowest BCUT2D eigenvalue weighted by atomic mass is 10.1. The van der Waals surface area contributed by atoms with Crippen LogP contribution in [-0.2, 0) is 0 Å². The van der Waals surface area contributed by atoms with Gasteiger partial charge < -0.3 is 5.32 Å². The van der Waals surface area contributed by atoms with Crippen molar-refractivity contribution in [3.8, 4) is 0 Å². The summed E-state index contributed by atoms with van der Waals surface area (Å²) in [6.07, 6.45) is 3.25. The van der Waals surface area contributed by atoms with Crippen molar-refractivity contribution in [3.63, 3.8) is 0 Å². The van der Waals surface area contributed by atoms with Crippen LogP contribution in [0.4, 0.5) is 0 Å². The highest BCUT2D eigenvalue weighted by Gasteiger charge is 2.13. The van der Waals surface area contributed by atoms with Crippen LogP contribution in [0.2, 0.25) is 0 Å². The number of carbonyl (C=O) groups is 1. The summed E-state index contributed by atoms with van der Waals surface area (Å²) in [6.45, 7) is 0.850. The molecule has 1 aromatic heterocycles. The molecule has 1 aliphatic heterocycles. The molecule has 0 radical (unpaired) electrons. The summed E-state index contributed by atoms with van der Waals surface area (Å²) in [4.78, 5) is 15.7. The van der Waals surface area contributed by atoms with Crippen molar-refractivity contribution in [1.29, 1.82) is 0 Å². The molecular formula is C10H10N2OS. The number of hydrogen-bond donors (Lipinski definition) is 1. The first-order valence-corrected chi connectivity index (χ1v) is 5.43. The van der Waals surface area contributed by atoms with E-state index in [9.17, 15) is 4.79 Å². The van der Waals surface area contributed by atoms with Crippen LogP contribution in [-0.4, -0.2) is 23.1 Å². The van der Waals surface area contributed by atoms with Crippen molar-refractivity contribution in [2.45, 2.75) is 0 Å². The zero-order valence-corrected chi connectivity index (χ0v) is 8.38. The van der Waals surface area contributed by atoms with Gasteiger partial charge in [0.2, 0.25) is 5.78 Å². The standard InChI is InChI=1S/C10H10N2OS/c13-10(8-2-1-3-11-6-8)9-7-14-5-4-12-9/h1-3,6-7,12H,4-5H2. The molecule has 0 amide bonds. The summed E-state index contributed by atoms with van der Waals surface area (Å²) in [5.74, 6) is 1.04. The van der Waals surface area contributed by atoms with Crippen molar-refractivity contribution in [2.24, 2.45) is 0 Å². The molecule has 2 rings (SSSR count). The minimum Gasteiger partial charge on any atom is -0.381 e. The molecule has 0 spiro atoms. The Morgan fingerprint density at radius 1 is 1.57 bits per heavy atom. The molecule has 1 aromatic rings. The van der Waals surface area contributed by atoms with Gasteiger partial charge >= 0.3 is 0 Å². The fraction of sp³-hybridized carbons (Fsp3) is 0.200. The average Bonchev–Trinajstić information content (AvgIpc) is 2.30. The number of carbonyl (C=O) groups excluding carboxylic acids is 1. The lowest BCUT2D eigenvalue weighted by Gasteiger charge is -2.13. The van der Waals surface area contributed by atoms with Gasteiger partial charge in [0.05, 0.1) is 5.70 Å². The van der Waals surface area contributed by atoms with Gasteiger partial charge in [0.15, 0.2) is 0 Å². The van der Waals surface area contributed by atoms with Gasteiger partial charge in [0.25, 0.3) is 0 Å². The van der Waals surface area contributed by atoms with Gasteiger partial charge in [-0.2, -0.15) is 0 Å². The summed E-state index contributed by atoms with van der Waals surface area (Å²) in [6, 6.07) is 3.54. The van der Waals surface area contributed by atoms with E-state index in [2.05, 4.69) is 10.3 Å². The maximum absolute atomic E-state index is 11.8. The number of thioether (sulfide) groups is 1. The number of nitrogens with zero attached hydrogens (tertiary/aromatic N) is 1. The van der Waals surface area contributed by atoms with Crippen molar-refractivity contribution in [1.82, 2.24) is 10.3 Å². The minimum atomic E-state index is 0.0188. The first-order chi connectivity index (χ1) is 6.88. The molecule has 1 N–H and O–H groups in total. The highest BCUT2D eigenvalue weighted by molar-refractivity contribution is 8.02. The van der Waals surface area contributed by atoms with Crippen LogP contribution in [0.15, 0.2) is 35.6 Å². The predicted octanol–water partition coefficient (Wildman–Crippen LogP) is 1.44. The molecule has 3 nitrogen and oxygen atoms in total. The number of ketones is 1. The lowest BCUT2D eigenvalue weighted by Crippen LogP contribution is -2.25. The molecule has 0 saturated heterocycles. The Balaban J connectivity index is 2.20. The highest BCUT2D eigenvalue weighted by atomic mass is 32.2. The number of nitrogens with one attached hydrogen (secondary N) is 1. The van der Waals surface area contributed by atoms with E-state index in [1.807, 2.05) is 5.41 Å². The molecule has 0 aromatic carbocycles. The Hall–Kier alpha value is -1.29. The van der Waals surface area contributed by atoms with Crippen LogP contribution >= 0.6 is 11.8 Å². The Morgan fingerprint density at radius 3 is 3.14 bits per heavy atom. The molecule has 1 aliphatic rings. The Morgan fingerprint density at radius 2 is 2.50 bits per heavy atom. The highest BCUT2D eigenvalue weighted by Crippen LogP contribution is 2.13. The number of pyridine rings is 1. The quantitative estimate of drug-likeness (QED) is 0.743. The summed E-state index contributed by atoms with van der Waals surface area (Å²) >= 11 is 1.66. The smallest absolute Gasteiger partial charge is 0.210 e. The lowest BCUT2D eigenvalue weighted by molar-refractivity contribution is 0.102. The first-order valence-electron chi connectivity index (χ1n) is 4.38. The van der Waals surface area contributed by atoms with E-state index in [4.69, 9.17) is 0 Å². The van der Waals surface area contributed by atoms with E-state index in [0.29, 0.717) is 11.3 Å². The van der Waals surface area contributed by atoms with E-state index in [1.165, 1.54) is 0 Å². The van der Waals surface area contributed by atoms with Crippen LogP contribution in [0.1, 0.15) is 10.4 Å². The summed E-state index contributed by atoms with van der Waals surface area (Å²) in [5, 5.41) is 4.95. The average molecular weight is 206 g/mol.